The monoisotopic (exact) mass is 197 g/mol. The van der Waals surface area contributed by atoms with Crippen molar-refractivity contribution in [3.8, 4) is 0 Å². The third kappa shape index (κ3) is 1.54. The quantitative estimate of drug-likeness (QED) is 0.600. The summed E-state index contributed by atoms with van der Waals surface area (Å²) in [6.45, 7) is 1.45. The van der Waals surface area contributed by atoms with Crippen LogP contribution >= 0.6 is 0 Å². The molecule has 2 fully saturated rings. The molecule has 0 aromatic rings. The molecule has 0 aromatic carbocycles. The summed E-state index contributed by atoms with van der Waals surface area (Å²) < 4.78 is 4.72. The molecule has 3 atom stereocenters. The Bertz CT molecular complexity index is 248. The van der Waals surface area contributed by atoms with Crippen molar-refractivity contribution >= 4 is 11.8 Å². The molecule has 78 valence electrons. The Labute approximate surface area is 83.0 Å². The van der Waals surface area contributed by atoms with Gasteiger partial charge in [-0.3, -0.25) is 9.59 Å². The van der Waals surface area contributed by atoms with E-state index in [2.05, 4.69) is 5.32 Å². The Morgan fingerprint density at radius 2 is 1.93 bits per heavy atom. The van der Waals surface area contributed by atoms with Crippen LogP contribution < -0.4 is 5.32 Å². The summed E-state index contributed by atoms with van der Waals surface area (Å²) in [5.41, 5.74) is 0. The molecular weight excluding hydrogens is 182 g/mol. The molecule has 0 spiro atoms. The summed E-state index contributed by atoms with van der Waals surface area (Å²) in [6.07, 6.45) is 1.32. The zero-order valence-corrected chi connectivity index (χ0v) is 8.29. The molecule has 1 unspecified atom stereocenters. The normalized spacial score (nSPS) is 36.6. The van der Waals surface area contributed by atoms with Gasteiger partial charge in [0.1, 0.15) is 5.78 Å². The second-order valence-electron chi connectivity index (χ2n) is 4.15. The number of fused-ring (bicyclic) bond motifs is 2. The van der Waals surface area contributed by atoms with Crippen molar-refractivity contribution in [1.29, 1.82) is 0 Å². The van der Waals surface area contributed by atoms with E-state index in [-0.39, 0.29) is 23.7 Å². The SMILES string of the molecule is COC(=O)C1C[C@H]2CNC[C@@H](C1)C2=O. The largest absolute Gasteiger partial charge is 0.469 e. The number of carbonyl (C=O) groups excluding carboxylic acids is 2. The minimum absolute atomic E-state index is 0.0339. The van der Waals surface area contributed by atoms with Gasteiger partial charge in [-0.2, -0.15) is 0 Å². The molecule has 1 aliphatic carbocycles. The van der Waals surface area contributed by atoms with Gasteiger partial charge >= 0.3 is 5.97 Å². The first-order valence-electron chi connectivity index (χ1n) is 5.04. The Kier molecular flexibility index (Phi) is 2.54. The van der Waals surface area contributed by atoms with E-state index >= 15 is 0 Å². The van der Waals surface area contributed by atoms with Crippen LogP contribution in [0.2, 0.25) is 0 Å². The van der Waals surface area contributed by atoms with Crippen LogP contribution in [0.4, 0.5) is 0 Å². The highest BCUT2D eigenvalue weighted by Crippen LogP contribution is 2.33. The summed E-state index contributed by atoms with van der Waals surface area (Å²) in [5, 5.41) is 3.22. The number of esters is 1. The molecule has 2 aliphatic rings. The first-order valence-corrected chi connectivity index (χ1v) is 5.04. The standard InChI is InChI=1S/C10H15NO3/c1-14-10(13)6-2-7-4-11-5-8(3-6)9(7)12/h6-8,11H,2-5H2,1H3/t6?,7-,8+. The van der Waals surface area contributed by atoms with Crippen LogP contribution in [0, 0.1) is 17.8 Å². The molecule has 1 aliphatic heterocycles. The van der Waals surface area contributed by atoms with Gasteiger partial charge in [-0.05, 0) is 12.8 Å². The second kappa shape index (κ2) is 3.69. The van der Waals surface area contributed by atoms with Crippen LogP contribution in [-0.2, 0) is 14.3 Å². The van der Waals surface area contributed by atoms with Crippen molar-refractivity contribution in [3.05, 3.63) is 0 Å². The zero-order valence-electron chi connectivity index (χ0n) is 8.29. The molecule has 2 rings (SSSR count). The van der Waals surface area contributed by atoms with Crippen molar-refractivity contribution in [1.82, 2.24) is 5.32 Å². The van der Waals surface area contributed by atoms with E-state index in [4.69, 9.17) is 4.74 Å². The lowest BCUT2D eigenvalue weighted by Gasteiger charge is -2.36. The van der Waals surface area contributed by atoms with E-state index < -0.39 is 0 Å². The average molecular weight is 197 g/mol. The number of ketones is 1. The first kappa shape index (κ1) is 9.65. The van der Waals surface area contributed by atoms with E-state index in [1.807, 2.05) is 0 Å². The Morgan fingerprint density at radius 3 is 2.43 bits per heavy atom. The number of rotatable bonds is 1. The van der Waals surface area contributed by atoms with Crippen LogP contribution in [0.5, 0.6) is 0 Å². The molecule has 4 heteroatoms. The summed E-state index contributed by atoms with van der Waals surface area (Å²) in [5.74, 6) is 0.186. The van der Waals surface area contributed by atoms with Gasteiger partial charge in [-0.25, -0.2) is 0 Å². The van der Waals surface area contributed by atoms with Gasteiger partial charge < -0.3 is 10.1 Å². The third-order valence-corrected chi connectivity index (χ3v) is 3.26. The van der Waals surface area contributed by atoms with Gasteiger partial charge in [-0.1, -0.05) is 0 Å². The molecular formula is C10H15NO3. The van der Waals surface area contributed by atoms with Gasteiger partial charge in [0.2, 0.25) is 0 Å². The van der Waals surface area contributed by atoms with Crippen LogP contribution in [0.3, 0.4) is 0 Å². The van der Waals surface area contributed by atoms with E-state index in [1.54, 1.807) is 0 Å². The highest BCUT2D eigenvalue weighted by molar-refractivity contribution is 5.87. The lowest BCUT2D eigenvalue weighted by Crippen LogP contribution is -2.49. The summed E-state index contributed by atoms with van der Waals surface area (Å²) in [7, 11) is 1.41. The second-order valence-corrected chi connectivity index (χ2v) is 4.15. The fourth-order valence-electron chi connectivity index (χ4n) is 2.51. The lowest BCUT2D eigenvalue weighted by atomic mass is 9.72. The third-order valence-electron chi connectivity index (χ3n) is 3.26. The van der Waals surface area contributed by atoms with Crippen LogP contribution in [0.1, 0.15) is 12.8 Å². The Morgan fingerprint density at radius 1 is 1.36 bits per heavy atom. The molecule has 14 heavy (non-hydrogen) atoms. The van der Waals surface area contributed by atoms with Crippen molar-refractivity contribution in [2.75, 3.05) is 20.2 Å². The molecule has 1 saturated carbocycles. The number of carbonyl (C=O) groups is 2. The van der Waals surface area contributed by atoms with E-state index in [0.29, 0.717) is 18.6 Å². The molecule has 0 amide bonds. The van der Waals surface area contributed by atoms with Gasteiger partial charge in [-0.15, -0.1) is 0 Å². The topological polar surface area (TPSA) is 55.4 Å². The van der Waals surface area contributed by atoms with Crippen molar-refractivity contribution in [2.45, 2.75) is 12.8 Å². The molecule has 1 heterocycles. The predicted octanol–water partition coefficient (Wildman–Crippen LogP) is -0.0259. The highest BCUT2D eigenvalue weighted by atomic mass is 16.5. The number of Topliss-reactive ketones (excluding diaryl/α,β-unsaturated/α-hetero) is 1. The van der Waals surface area contributed by atoms with Crippen molar-refractivity contribution < 1.29 is 14.3 Å². The fraction of sp³-hybridized carbons (Fsp3) is 0.800. The number of piperidine rings is 1. The molecule has 0 aromatic heterocycles. The Hall–Kier alpha value is -0.900. The Balaban J connectivity index is 2.07. The molecule has 0 radical (unpaired) electrons. The molecule has 1 N–H and O–H groups in total. The molecule has 2 bridgehead atoms. The van der Waals surface area contributed by atoms with Crippen molar-refractivity contribution in [3.63, 3.8) is 0 Å². The van der Waals surface area contributed by atoms with E-state index in [1.165, 1.54) is 7.11 Å². The number of methoxy groups -OCH3 is 1. The zero-order chi connectivity index (χ0) is 10.1. The maximum Gasteiger partial charge on any atom is 0.308 e. The van der Waals surface area contributed by atoms with Gasteiger partial charge in [0.25, 0.3) is 0 Å². The van der Waals surface area contributed by atoms with E-state index in [9.17, 15) is 9.59 Å². The number of hydrogen-bond acceptors (Lipinski definition) is 4. The lowest BCUT2D eigenvalue weighted by molar-refractivity contribution is -0.150. The van der Waals surface area contributed by atoms with Crippen LogP contribution in [0.15, 0.2) is 0 Å². The van der Waals surface area contributed by atoms with Crippen LogP contribution in [-0.4, -0.2) is 32.0 Å². The van der Waals surface area contributed by atoms with Gasteiger partial charge in [0.15, 0.2) is 0 Å². The minimum Gasteiger partial charge on any atom is -0.469 e. The average Bonchev–Trinajstić information content (AvgIpc) is 2.16. The summed E-state index contributed by atoms with van der Waals surface area (Å²) in [4.78, 5) is 23.0. The molecule has 1 saturated heterocycles. The number of nitrogens with one attached hydrogen (secondary N) is 1. The maximum absolute atomic E-state index is 11.7. The fourth-order valence-corrected chi connectivity index (χ4v) is 2.51. The summed E-state index contributed by atoms with van der Waals surface area (Å²) >= 11 is 0. The highest BCUT2D eigenvalue weighted by Gasteiger charge is 2.41. The molecule has 4 nitrogen and oxygen atoms in total. The predicted molar refractivity (Wildman–Crippen MR) is 49.6 cm³/mol. The first-order chi connectivity index (χ1) is 6.72. The minimum atomic E-state index is -0.158. The summed E-state index contributed by atoms with van der Waals surface area (Å²) in [6, 6.07) is 0. The van der Waals surface area contributed by atoms with Gasteiger partial charge in [0.05, 0.1) is 13.0 Å². The smallest absolute Gasteiger partial charge is 0.308 e. The number of ether oxygens (including phenoxy) is 1. The maximum atomic E-state index is 11.7. The van der Waals surface area contributed by atoms with E-state index in [0.717, 1.165) is 13.1 Å². The van der Waals surface area contributed by atoms with Crippen molar-refractivity contribution in [2.24, 2.45) is 17.8 Å². The number of hydrogen-bond donors (Lipinski definition) is 1. The van der Waals surface area contributed by atoms with Crippen LogP contribution in [0.25, 0.3) is 0 Å². The van der Waals surface area contributed by atoms with Gasteiger partial charge in [0, 0.05) is 24.9 Å².